The van der Waals surface area contributed by atoms with Gasteiger partial charge in [-0.1, -0.05) is 105 Å². The number of ether oxygens (including phenoxy) is 2. The molecule has 35 nitrogen and oxygen atoms in total. The number of pyridine rings is 1. The normalized spacial score (nSPS) is 23.4. The number of hydrogen-bond acceptors (Lipinski definition) is 22. The zero-order valence-electron chi connectivity index (χ0n) is 61.7. The van der Waals surface area contributed by atoms with Gasteiger partial charge >= 0.3 is 18.2 Å². The number of cyclic esters (lactones) is 1. The lowest BCUT2D eigenvalue weighted by Gasteiger charge is -2.37. The smallest absolute Gasteiger partial charge is 0.433 e. The van der Waals surface area contributed by atoms with E-state index in [1.807, 2.05) is 10.6 Å². The van der Waals surface area contributed by atoms with E-state index in [-0.39, 0.29) is 62.0 Å². The number of nitrogens with one attached hydrogen (secondary N) is 11. The lowest BCUT2D eigenvalue weighted by molar-refractivity contribution is -0.158. The third-order valence-corrected chi connectivity index (χ3v) is 16.4. The third kappa shape index (κ3) is 29.4. The van der Waals surface area contributed by atoms with Crippen molar-refractivity contribution in [3.8, 4) is 0 Å². The van der Waals surface area contributed by atoms with Crippen LogP contribution in [0.3, 0.4) is 0 Å². The molecular formula is C68H105F3N16O19. The van der Waals surface area contributed by atoms with Crippen LogP contribution in [-0.2, 0) is 79.6 Å². The molecular weight excluding hydrogens is 1400 g/mol. The van der Waals surface area contributed by atoms with Gasteiger partial charge in [-0.25, -0.2) is 9.59 Å². The lowest BCUT2D eigenvalue weighted by atomic mass is 9.86. The number of aliphatic hydroxyl groups excluding tert-OH is 4. The third-order valence-electron chi connectivity index (χ3n) is 16.4. The molecule has 11 amide bonds. The highest BCUT2D eigenvalue weighted by Gasteiger charge is 2.45. The highest BCUT2D eigenvalue weighted by atomic mass is 19.4. The molecule has 2 heterocycles. The Bertz CT molecular complexity index is 3390. The molecule has 2 aromatic rings. The molecule has 0 radical (unpaired) electrons. The summed E-state index contributed by atoms with van der Waals surface area (Å²) in [5.41, 5.74) is 10.4. The first-order valence-corrected chi connectivity index (χ1v) is 34.3. The standard InChI is InChI=1S/C68H105F3N16O19/c1-14-35(6)45-58(99)85-46(36(7)90)57(98)77-29-44(91)83-48(51(93)53(72)94)60(101)81-42(30-88)62(103)105-52(38-19-16-15-17-20-38)49(61(102)86-47(50(92)34(4)5)59(100)80-40(25-33(2)3)55(96)79-39(54(95)84-45)21-18-24-75-63(73)74)78-31-67(32-89,26-37-22-23-43(76-28-37)68(69,70)71)87-56(97)41(27-65(8,9)10)82-64(104)106-66(11,12)13/h15-17,19-20,22-23,28,32-36,39-42,45-52,78,88,90,92-93H,14,18,21,24-27,29-31H2,1-13H3,(H2,72,94)(H,77,98)(H,79,96)(H,80,100)(H,81,101)(H,82,104)(H,83,91)(H,84,95)(H,85,99)(H,86,102)(H,87,97)(H4,73,74,75)/t35-,36-,39+,40-,41+,42-,45-,46-,47-,48-,49-,50+,51-,52+,67+/m0/s1. The maximum absolute atomic E-state index is 15.8. The van der Waals surface area contributed by atoms with E-state index in [4.69, 9.17) is 26.7 Å². The molecule has 0 bridgehead atoms. The van der Waals surface area contributed by atoms with Crippen LogP contribution in [0.2, 0.25) is 0 Å². The van der Waals surface area contributed by atoms with Crippen molar-refractivity contribution < 1.29 is 105 Å². The van der Waals surface area contributed by atoms with Crippen LogP contribution in [0.5, 0.6) is 0 Å². The second-order valence-corrected chi connectivity index (χ2v) is 29.0. The van der Waals surface area contributed by atoms with Gasteiger partial charge in [0.2, 0.25) is 59.1 Å². The fourth-order valence-corrected chi connectivity index (χ4v) is 10.7. The molecule has 38 heteroatoms. The summed E-state index contributed by atoms with van der Waals surface area (Å²) in [6, 6.07) is -9.33. The minimum Gasteiger partial charge on any atom is -0.454 e. The summed E-state index contributed by atoms with van der Waals surface area (Å²) in [5.74, 6) is -17.1. The molecule has 3 rings (SSSR count). The Morgan fingerprint density at radius 1 is 0.736 bits per heavy atom. The van der Waals surface area contributed by atoms with Crippen LogP contribution in [-0.4, -0.2) is 219 Å². The number of rotatable bonds is 25. The van der Waals surface area contributed by atoms with Crippen molar-refractivity contribution in [2.24, 2.45) is 45.4 Å². The van der Waals surface area contributed by atoms with Gasteiger partial charge in [0.15, 0.2) is 24.2 Å². The number of carbonyl (C=O) groups is 13. The van der Waals surface area contributed by atoms with Crippen LogP contribution >= 0.6 is 0 Å². The van der Waals surface area contributed by atoms with Crippen LogP contribution < -0.4 is 75.7 Å². The molecule has 21 N–H and O–H groups in total. The molecule has 1 aliphatic heterocycles. The van der Waals surface area contributed by atoms with Crippen LogP contribution in [0.4, 0.5) is 18.0 Å². The van der Waals surface area contributed by atoms with Gasteiger partial charge < -0.3 is 105 Å². The number of benzene rings is 1. The van der Waals surface area contributed by atoms with Crippen molar-refractivity contribution >= 4 is 83.4 Å². The van der Waals surface area contributed by atoms with Crippen LogP contribution in [0.15, 0.2) is 53.7 Å². The zero-order chi connectivity index (χ0) is 80.5. The maximum atomic E-state index is 15.8. The highest BCUT2D eigenvalue weighted by molar-refractivity contribution is 5.99. The summed E-state index contributed by atoms with van der Waals surface area (Å²) < 4.78 is 53.4. The summed E-state index contributed by atoms with van der Waals surface area (Å²) in [4.78, 5) is 194. The predicted molar refractivity (Wildman–Crippen MR) is 374 cm³/mol. The van der Waals surface area contributed by atoms with Crippen molar-refractivity contribution in [2.75, 3.05) is 26.2 Å². The summed E-state index contributed by atoms with van der Waals surface area (Å²) in [6.07, 6.45) is -15.0. The number of aromatic nitrogens is 1. The molecule has 106 heavy (non-hydrogen) atoms. The van der Waals surface area contributed by atoms with E-state index in [9.17, 15) is 86.3 Å². The molecule has 592 valence electrons. The first-order chi connectivity index (χ1) is 49.2. The van der Waals surface area contributed by atoms with Crippen LogP contribution in [0.25, 0.3) is 0 Å². The number of primary amides is 1. The van der Waals surface area contributed by atoms with Crippen molar-refractivity contribution in [3.05, 3.63) is 65.5 Å². The van der Waals surface area contributed by atoms with E-state index in [2.05, 4.69) is 57.8 Å². The van der Waals surface area contributed by atoms with Gasteiger partial charge in [-0.15, -0.1) is 0 Å². The monoisotopic (exact) mass is 1510 g/mol. The molecule has 1 aromatic heterocycles. The van der Waals surface area contributed by atoms with E-state index in [1.165, 1.54) is 71.9 Å². The van der Waals surface area contributed by atoms with Gasteiger partial charge in [-0.3, -0.25) is 63.2 Å². The number of alkyl carbamates (subject to hydrolysis) is 1. The first-order valence-electron chi connectivity index (χ1n) is 34.3. The quantitative estimate of drug-likeness (QED) is 0.0157. The average molecular weight is 1510 g/mol. The molecule has 1 aliphatic rings. The lowest BCUT2D eigenvalue weighted by Crippen LogP contribution is -2.66. The number of carbonyl (C=O) groups excluding carboxylic acids is 13. The number of halogens is 3. The summed E-state index contributed by atoms with van der Waals surface area (Å²) in [7, 11) is 0. The number of alkyl halides is 3. The highest BCUT2D eigenvalue weighted by Crippen LogP contribution is 2.30. The topological polar surface area (TPSA) is 557 Å². The van der Waals surface area contributed by atoms with Crippen molar-refractivity contribution in [1.29, 1.82) is 0 Å². The molecule has 1 aromatic carbocycles. The number of nitrogens with zero attached hydrogens (tertiary/aromatic N) is 2. The van der Waals surface area contributed by atoms with Gasteiger partial charge in [0, 0.05) is 25.7 Å². The molecule has 0 saturated carbocycles. The molecule has 1 fully saturated rings. The van der Waals surface area contributed by atoms with Crippen LogP contribution in [0.1, 0.15) is 145 Å². The number of aliphatic hydroxyl groups is 4. The molecule has 0 aliphatic carbocycles. The number of esters is 1. The van der Waals surface area contributed by atoms with E-state index >= 15 is 9.59 Å². The molecule has 1 saturated heterocycles. The van der Waals surface area contributed by atoms with Gasteiger partial charge in [0.05, 0.1) is 25.4 Å². The number of amides is 11. The van der Waals surface area contributed by atoms with E-state index in [0.29, 0.717) is 6.07 Å². The predicted octanol–water partition coefficient (Wildman–Crippen LogP) is -2.83. The second-order valence-electron chi connectivity index (χ2n) is 29.0. The SMILES string of the molecule is CC[C@H](C)[C@@H]1NC(=O)[C@@H](CCCN=C(N)N)NC(=O)[C@H](CC(C)C)NC(=O)[C@H]([C@H](O)C(C)C)NC(=O)[C@@H](NC[C@@](C=O)(Cc2ccc(C(F)(F)F)nc2)NC(=O)[C@@H](CC(C)(C)C)NC(=O)OC(C)(C)C)[C@@H](c2ccccc2)OC(=O)[C@H](CO)NC(=O)[C@H]([C@H](O)C(N)=O)NC(=O)CNC(=O)[C@H]([C@H](C)O)NC1=O. The number of hydrogen-bond donors (Lipinski definition) is 18. The van der Waals surface area contributed by atoms with E-state index < -0.39 is 222 Å². The number of guanidine groups is 1. The number of nitrogens with two attached hydrogens (primary N) is 3. The Kier molecular flexibility index (Phi) is 34.8. The van der Waals surface area contributed by atoms with E-state index in [0.717, 1.165) is 19.2 Å². The number of aldehydes is 1. The number of aliphatic imine (C=N–C) groups is 1. The minimum atomic E-state index is -4.97. The van der Waals surface area contributed by atoms with Crippen molar-refractivity contribution in [3.63, 3.8) is 0 Å². The van der Waals surface area contributed by atoms with Gasteiger partial charge in [-0.2, -0.15) is 13.2 Å². The summed E-state index contributed by atoms with van der Waals surface area (Å²) >= 11 is 0. The van der Waals surface area contributed by atoms with Gasteiger partial charge in [0.25, 0.3) is 0 Å². The van der Waals surface area contributed by atoms with Crippen molar-refractivity contribution in [2.45, 2.75) is 225 Å². The molecule has 0 unspecified atom stereocenters. The summed E-state index contributed by atoms with van der Waals surface area (Å²) in [6.45, 7) is 16.4. The average Bonchev–Trinajstić information content (AvgIpc) is 0.808. The fraction of sp³-hybridized carbons (Fsp3) is 0.632. The Balaban J connectivity index is 2.56. The molecule has 15 atom stereocenters. The zero-order valence-corrected chi connectivity index (χ0v) is 61.7. The van der Waals surface area contributed by atoms with Crippen LogP contribution in [0, 0.1) is 23.2 Å². The largest absolute Gasteiger partial charge is 0.454 e. The minimum absolute atomic E-state index is 0.0120. The first kappa shape index (κ1) is 90.6. The Morgan fingerprint density at radius 2 is 1.31 bits per heavy atom. The Morgan fingerprint density at radius 3 is 1.83 bits per heavy atom. The van der Waals surface area contributed by atoms with Crippen molar-refractivity contribution in [1.82, 2.24) is 63.5 Å². The second kappa shape index (κ2) is 40.7. The Hall–Kier alpha value is -9.66. The summed E-state index contributed by atoms with van der Waals surface area (Å²) in [5, 5.41) is 71.2. The van der Waals surface area contributed by atoms with Gasteiger partial charge in [-0.05, 0) is 93.7 Å². The fourth-order valence-electron chi connectivity index (χ4n) is 10.7. The Labute approximate surface area is 611 Å². The maximum Gasteiger partial charge on any atom is 0.433 e. The van der Waals surface area contributed by atoms with E-state index in [1.54, 1.807) is 41.5 Å². The van der Waals surface area contributed by atoms with Gasteiger partial charge in [0.1, 0.15) is 71.5 Å². The molecule has 0 spiro atoms.